The molecule has 0 saturated carbocycles. The lowest BCUT2D eigenvalue weighted by atomic mass is 10.2. The zero-order valence-corrected chi connectivity index (χ0v) is 14.9. The number of nitrogens with zero attached hydrogens (tertiary/aromatic N) is 1. The highest BCUT2D eigenvalue weighted by molar-refractivity contribution is 7.89. The van der Waals surface area contributed by atoms with Gasteiger partial charge in [-0.2, -0.15) is 4.31 Å². The van der Waals surface area contributed by atoms with E-state index in [1.807, 2.05) is 0 Å². The first-order chi connectivity index (χ1) is 9.78. The van der Waals surface area contributed by atoms with Crippen LogP contribution < -0.4 is 4.90 Å². The Morgan fingerprint density at radius 1 is 1.24 bits per heavy atom. The van der Waals surface area contributed by atoms with E-state index in [-0.39, 0.29) is 9.92 Å². The molecule has 1 aromatic carbocycles. The SMILES string of the molecule is CC[NH+]1CCN(S(=O)(=O)c2c(C)c(Cl)cc(C)c2Cl)CC1. The first-order valence-electron chi connectivity index (χ1n) is 7.08. The molecule has 0 unspecified atom stereocenters. The number of likely N-dealkylation sites (N-methyl/N-ethyl adjacent to an activating group) is 1. The zero-order chi connectivity index (χ0) is 15.8. The van der Waals surface area contributed by atoms with Gasteiger partial charge < -0.3 is 4.90 Å². The Balaban J connectivity index is 2.42. The van der Waals surface area contributed by atoms with Crippen LogP contribution in [-0.4, -0.2) is 45.4 Å². The average Bonchev–Trinajstić information content (AvgIpc) is 2.45. The summed E-state index contributed by atoms with van der Waals surface area (Å²) in [5, 5.41) is 0.718. The minimum absolute atomic E-state index is 0.161. The first-order valence-corrected chi connectivity index (χ1v) is 9.27. The molecule has 2 rings (SSSR count). The molecule has 7 heteroatoms. The fourth-order valence-electron chi connectivity index (χ4n) is 2.65. The van der Waals surface area contributed by atoms with Crippen molar-refractivity contribution < 1.29 is 13.3 Å². The fraction of sp³-hybridized carbons (Fsp3) is 0.571. The maximum atomic E-state index is 12.9. The summed E-state index contributed by atoms with van der Waals surface area (Å²) in [5.74, 6) is 0. The van der Waals surface area contributed by atoms with E-state index in [1.54, 1.807) is 19.9 Å². The molecule has 21 heavy (non-hydrogen) atoms. The number of piperazine rings is 1. The van der Waals surface area contributed by atoms with E-state index in [9.17, 15) is 8.42 Å². The van der Waals surface area contributed by atoms with Gasteiger partial charge in [0.1, 0.15) is 4.90 Å². The number of hydrogen-bond acceptors (Lipinski definition) is 2. The molecule has 0 bridgehead atoms. The molecular weight excluding hydrogens is 331 g/mol. The second-order valence-corrected chi connectivity index (χ2v) is 8.11. The van der Waals surface area contributed by atoms with Crippen LogP contribution in [0.1, 0.15) is 18.1 Å². The monoisotopic (exact) mass is 351 g/mol. The molecule has 0 radical (unpaired) electrons. The lowest BCUT2D eigenvalue weighted by molar-refractivity contribution is -0.901. The highest BCUT2D eigenvalue weighted by atomic mass is 35.5. The van der Waals surface area contributed by atoms with E-state index in [2.05, 4.69) is 6.92 Å². The second-order valence-electron chi connectivity index (χ2n) is 5.45. The topological polar surface area (TPSA) is 41.8 Å². The average molecular weight is 352 g/mol. The fourth-order valence-corrected chi connectivity index (χ4v) is 5.25. The van der Waals surface area contributed by atoms with Gasteiger partial charge in [0.25, 0.3) is 0 Å². The number of aryl methyl sites for hydroxylation is 1. The summed E-state index contributed by atoms with van der Waals surface area (Å²) in [6.45, 7) is 9.29. The molecule has 1 heterocycles. The first kappa shape index (κ1) is 17.0. The van der Waals surface area contributed by atoms with E-state index in [4.69, 9.17) is 23.2 Å². The predicted octanol–water partition coefficient (Wildman–Crippen LogP) is 1.52. The van der Waals surface area contributed by atoms with Crippen LogP contribution >= 0.6 is 23.2 Å². The molecule has 0 amide bonds. The molecule has 118 valence electrons. The van der Waals surface area contributed by atoms with Crippen LogP contribution in [0, 0.1) is 13.8 Å². The van der Waals surface area contributed by atoms with Gasteiger partial charge in [-0.25, -0.2) is 8.42 Å². The van der Waals surface area contributed by atoms with E-state index in [0.717, 1.165) is 19.6 Å². The maximum Gasteiger partial charge on any atom is 0.245 e. The third-order valence-corrected chi connectivity index (χ3v) is 7.18. The van der Waals surface area contributed by atoms with Gasteiger partial charge in [0, 0.05) is 5.02 Å². The van der Waals surface area contributed by atoms with Crippen molar-refractivity contribution in [2.24, 2.45) is 0 Å². The predicted molar refractivity (Wildman–Crippen MR) is 85.9 cm³/mol. The smallest absolute Gasteiger partial charge is 0.245 e. The van der Waals surface area contributed by atoms with Gasteiger partial charge in [-0.15, -0.1) is 0 Å². The summed E-state index contributed by atoms with van der Waals surface area (Å²) in [6, 6.07) is 1.71. The van der Waals surface area contributed by atoms with Crippen LogP contribution in [0.15, 0.2) is 11.0 Å². The number of quaternary nitrogens is 1. The quantitative estimate of drug-likeness (QED) is 0.896. The van der Waals surface area contributed by atoms with Crippen LogP contribution in [-0.2, 0) is 10.0 Å². The van der Waals surface area contributed by atoms with Crippen molar-refractivity contribution in [3.05, 3.63) is 27.2 Å². The molecule has 4 nitrogen and oxygen atoms in total. The van der Waals surface area contributed by atoms with E-state index >= 15 is 0 Å². The van der Waals surface area contributed by atoms with Crippen molar-refractivity contribution in [2.45, 2.75) is 25.7 Å². The summed E-state index contributed by atoms with van der Waals surface area (Å²) < 4.78 is 27.3. The summed E-state index contributed by atoms with van der Waals surface area (Å²) in [4.78, 5) is 1.58. The second kappa shape index (κ2) is 6.42. The number of halogens is 2. The Kier molecular flexibility index (Phi) is 5.21. The van der Waals surface area contributed by atoms with Crippen molar-refractivity contribution in [2.75, 3.05) is 32.7 Å². The van der Waals surface area contributed by atoms with Gasteiger partial charge in [0.05, 0.1) is 37.7 Å². The van der Waals surface area contributed by atoms with Crippen LogP contribution in [0.25, 0.3) is 0 Å². The largest absolute Gasteiger partial charge is 0.333 e. The Morgan fingerprint density at radius 2 is 1.81 bits per heavy atom. The zero-order valence-electron chi connectivity index (χ0n) is 12.5. The minimum atomic E-state index is -3.60. The Bertz CT molecular complexity index is 613. The van der Waals surface area contributed by atoms with Crippen molar-refractivity contribution in [1.82, 2.24) is 4.31 Å². The highest BCUT2D eigenvalue weighted by Crippen LogP contribution is 2.35. The molecule has 1 aliphatic heterocycles. The van der Waals surface area contributed by atoms with Crippen molar-refractivity contribution >= 4 is 33.2 Å². The molecule has 1 aliphatic rings. The molecule has 0 aliphatic carbocycles. The molecule has 1 aromatic rings. The van der Waals surface area contributed by atoms with Gasteiger partial charge in [-0.05, 0) is 38.0 Å². The Labute approximate surface area is 136 Å². The molecule has 1 N–H and O–H groups in total. The number of benzene rings is 1. The normalized spacial score (nSPS) is 18.1. The molecule has 0 spiro atoms. The molecule has 1 fully saturated rings. The van der Waals surface area contributed by atoms with Gasteiger partial charge >= 0.3 is 0 Å². The molecule has 0 atom stereocenters. The summed E-state index contributed by atoms with van der Waals surface area (Å²) in [7, 11) is -3.60. The summed E-state index contributed by atoms with van der Waals surface area (Å²) in [5.41, 5.74) is 1.21. The minimum Gasteiger partial charge on any atom is -0.333 e. The van der Waals surface area contributed by atoms with E-state index in [0.29, 0.717) is 29.2 Å². The van der Waals surface area contributed by atoms with Crippen LogP contribution in [0.5, 0.6) is 0 Å². The summed E-state index contributed by atoms with van der Waals surface area (Å²) >= 11 is 12.4. The molecule has 1 saturated heterocycles. The lowest BCUT2D eigenvalue weighted by Gasteiger charge is -2.31. The Morgan fingerprint density at radius 3 is 2.33 bits per heavy atom. The van der Waals surface area contributed by atoms with Crippen LogP contribution in [0.2, 0.25) is 10.0 Å². The standard InChI is InChI=1S/C14H20Cl2N2O2S/c1-4-17-5-7-18(8-6-17)21(19,20)14-11(3)12(15)9-10(2)13(14)16/h9H,4-8H2,1-3H3/p+1. The van der Waals surface area contributed by atoms with Crippen molar-refractivity contribution in [1.29, 1.82) is 0 Å². The third kappa shape index (κ3) is 3.22. The van der Waals surface area contributed by atoms with Crippen molar-refractivity contribution in [3.8, 4) is 0 Å². The van der Waals surface area contributed by atoms with E-state index in [1.165, 1.54) is 9.21 Å². The van der Waals surface area contributed by atoms with Crippen molar-refractivity contribution in [3.63, 3.8) is 0 Å². The maximum absolute atomic E-state index is 12.9. The van der Waals surface area contributed by atoms with Gasteiger partial charge in [0.15, 0.2) is 0 Å². The third-order valence-electron chi connectivity index (χ3n) is 4.12. The van der Waals surface area contributed by atoms with Gasteiger partial charge in [-0.1, -0.05) is 23.2 Å². The molecular formula is C14H21Cl2N2O2S+. The number of nitrogens with one attached hydrogen (secondary N) is 1. The van der Waals surface area contributed by atoms with Gasteiger partial charge in [-0.3, -0.25) is 0 Å². The lowest BCUT2D eigenvalue weighted by Crippen LogP contribution is -3.14. The summed E-state index contributed by atoms with van der Waals surface area (Å²) in [6.07, 6.45) is 0. The highest BCUT2D eigenvalue weighted by Gasteiger charge is 2.33. The number of sulfonamides is 1. The van der Waals surface area contributed by atoms with E-state index < -0.39 is 10.0 Å². The molecule has 0 aromatic heterocycles. The number of rotatable bonds is 3. The van der Waals surface area contributed by atoms with Gasteiger partial charge in [0.2, 0.25) is 10.0 Å². The number of hydrogen-bond donors (Lipinski definition) is 1. The Hall–Kier alpha value is -0.330. The van der Waals surface area contributed by atoms with Crippen LogP contribution in [0.4, 0.5) is 0 Å². The van der Waals surface area contributed by atoms with Crippen LogP contribution in [0.3, 0.4) is 0 Å².